The lowest BCUT2D eigenvalue weighted by Crippen LogP contribution is -2.47. The molecule has 0 aliphatic carbocycles. The Morgan fingerprint density at radius 3 is 2.32 bits per heavy atom. The van der Waals surface area contributed by atoms with Gasteiger partial charge in [0.05, 0.1) is 11.2 Å². The van der Waals surface area contributed by atoms with Crippen LogP contribution in [-0.4, -0.2) is 31.1 Å². The maximum atomic E-state index is 12.0. The molecule has 0 saturated heterocycles. The second-order valence-electron chi connectivity index (χ2n) is 4.09. The van der Waals surface area contributed by atoms with Gasteiger partial charge in [0.2, 0.25) is 0 Å². The van der Waals surface area contributed by atoms with Crippen molar-refractivity contribution in [2.75, 3.05) is 12.3 Å². The zero-order valence-corrected chi connectivity index (χ0v) is 11.6. The summed E-state index contributed by atoms with van der Waals surface area (Å²) in [5, 5.41) is 0.438. The Balaban J connectivity index is 3.44. The van der Waals surface area contributed by atoms with Gasteiger partial charge in [0, 0.05) is 11.6 Å². The summed E-state index contributed by atoms with van der Waals surface area (Å²) in [5.41, 5.74) is 4.39. The van der Waals surface area contributed by atoms with Crippen LogP contribution in [0, 0.1) is 0 Å². The molecule has 19 heavy (non-hydrogen) atoms. The molecule has 0 aliphatic rings. The minimum Gasteiger partial charge on any atom is -0.329 e. The van der Waals surface area contributed by atoms with E-state index in [1.807, 2.05) is 0 Å². The van der Waals surface area contributed by atoms with Gasteiger partial charge in [-0.15, -0.1) is 0 Å². The van der Waals surface area contributed by atoms with E-state index in [1.165, 1.54) is 24.3 Å². The molecule has 3 N–H and O–H groups in total. The van der Waals surface area contributed by atoms with E-state index in [0.717, 1.165) is 6.08 Å². The van der Waals surface area contributed by atoms with Crippen LogP contribution >= 0.6 is 11.6 Å². The van der Waals surface area contributed by atoms with Crippen molar-refractivity contribution in [3.63, 3.8) is 0 Å². The predicted octanol–water partition coefficient (Wildman–Crippen LogP) is 1.18. The predicted molar refractivity (Wildman–Crippen MR) is 73.8 cm³/mol. The van der Waals surface area contributed by atoms with E-state index in [1.54, 1.807) is 0 Å². The summed E-state index contributed by atoms with van der Waals surface area (Å²) in [5.74, 6) is -1.38. The zero-order valence-electron chi connectivity index (χ0n) is 10.0. The van der Waals surface area contributed by atoms with E-state index >= 15 is 0 Å². The SMILES string of the molecule is C=CC(=O)C(CN)(CS(=O)(=O)O)c1ccc(Cl)cc1. The van der Waals surface area contributed by atoms with Crippen LogP contribution in [0.2, 0.25) is 5.02 Å². The van der Waals surface area contributed by atoms with Crippen molar-refractivity contribution in [3.05, 3.63) is 47.5 Å². The van der Waals surface area contributed by atoms with E-state index in [2.05, 4.69) is 6.58 Å². The smallest absolute Gasteiger partial charge is 0.266 e. The highest BCUT2D eigenvalue weighted by molar-refractivity contribution is 7.85. The Labute approximate surface area is 116 Å². The van der Waals surface area contributed by atoms with Gasteiger partial charge in [0.15, 0.2) is 5.78 Å². The quantitative estimate of drug-likeness (QED) is 0.607. The van der Waals surface area contributed by atoms with Crippen LogP contribution < -0.4 is 5.73 Å². The standard InChI is InChI=1S/C12H14ClNO4S/c1-2-11(15)12(7-14,8-19(16,17)18)9-3-5-10(13)6-4-9/h2-6H,1,7-8,14H2,(H,16,17,18). The van der Waals surface area contributed by atoms with Crippen molar-refractivity contribution >= 4 is 27.5 Å². The molecule has 7 heteroatoms. The molecule has 0 aliphatic heterocycles. The van der Waals surface area contributed by atoms with Crippen LogP contribution in [0.5, 0.6) is 0 Å². The fourth-order valence-electron chi connectivity index (χ4n) is 1.85. The first-order valence-electron chi connectivity index (χ1n) is 5.33. The molecule has 1 atom stereocenters. The summed E-state index contributed by atoms with van der Waals surface area (Å²) >= 11 is 5.75. The number of rotatable bonds is 6. The van der Waals surface area contributed by atoms with E-state index in [0.29, 0.717) is 10.6 Å². The maximum absolute atomic E-state index is 12.0. The van der Waals surface area contributed by atoms with Crippen LogP contribution in [0.25, 0.3) is 0 Å². The molecule has 0 amide bonds. The molecule has 0 bridgehead atoms. The molecule has 0 radical (unpaired) electrons. The van der Waals surface area contributed by atoms with Gasteiger partial charge in [-0.25, -0.2) is 0 Å². The van der Waals surface area contributed by atoms with Gasteiger partial charge >= 0.3 is 0 Å². The summed E-state index contributed by atoms with van der Waals surface area (Å²) in [6.45, 7) is 3.06. The second-order valence-corrected chi connectivity index (χ2v) is 5.98. The third-order valence-corrected chi connectivity index (χ3v) is 3.94. The summed E-state index contributed by atoms with van der Waals surface area (Å²) in [6.07, 6.45) is 0.993. The van der Waals surface area contributed by atoms with Gasteiger partial charge in [-0.1, -0.05) is 30.3 Å². The van der Waals surface area contributed by atoms with Gasteiger partial charge in [-0.2, -0.15) is 8.42 Å². The number of carbonyl (C=O) groups excluding carboxylic acids is 1. The topological polar surface area (TPSA) is 97.5 Å². The van der Waals surface area contributed by atoms with Gasteiger partial charge in [-0.3, -0.25) is 9.35 Å². The third-order valence-electron chi connectivity index (χ3n) is 2.83. The van der Waals surface area contributed by atoms with Crippen LogP contribution in [0.4, 0.5) is 0 Å². The molecule has 1 aromatic carbocycles. The van der Waals surface area contributed by atoms with E-state index < -0.39 is 27.1 Å². The van der Waals surface area contributed by atoms with Crippen molar-refractivity contribution < 1.29 is 17.8 Å². The molecule has 1 aromatic rings. The minimum atomic E-state index is -4.39. The number of allylic oxidation sites excluding steroid dienone is 1. The highest BCUT2D eigenvalue weighted by atomic mass is 35.5. The lowest BCUT2D eigenvalue weighted by Gasteiger charge is -2.29. The normalized spacial score (nSPS) is 14.7. The number of hydrogen-bond donors (Lipinski definition) is 2. The summed E-state index contributed by atoms with van der Waals surface area (Å²) in [4.78, 5) is 12.0. The first kappa shape index (κ1) is 15.8. The van der Waals surface area contributed by atoms with Crippen molar-refractivity contribution in [2.45, 2.75) is 5.41 Å². The Morgan fingerprint density at radius 2 is 1.95 bits per heavy atom. The summed E-state index contributed by atoms with van der Waals surface area (Å²) in [6, 6.07) is 6.03. The fourth-order valence-corrected chi connectivity index (χ4v) is 3.03. The van der Waals surface area contributed by atoms with E-state index in [-0.39, 0.29) is 6.54 Å². The number of nitrogens with two attached hydrogens (primary N) is 1. The molecule has 0 aromatic heterocycles. The number of ketones is 1. The van der Waals surface area contributed by atoms with Gasteiger partial charge in [-0.05, 0) is 23.8 Å². The first-order valence-corrected chi connectivity index (χ1v) is 7.32. The highest BCUT2D eigenvalue weighted by Crippen LogP contribution is 2.28. The van der Waals surface area contributed by atoms with Crippen molar-refractivity contribution in [2.24, 2.45) is 5.73 Å². The molecule has 1 rings (SSSR count). The van der Waals surface area contributed by atoms with E-state index in [4.69, 9.17) is 21.9 Å². The fraction of sp³-hybridized carbons (Fsp3) is 0.250. The molecular formula is C12H14ClNO4S. The number of hydrogen-bond acceptors (Lipinski definition) is 4. The van der Waals surface area contributed by atoms with Gasteiger partial charge in [0.1, 0.15) is 0 Å². The number of benzene rings is 1. The van der Waals surface area contributed by atoms with Crippen molar-refractivity contribution in [3.8, 4) is 0 Å². The molecule has 0 saturated carbocycles. The average Bonchev–Trinajstić information content (AvgIpc) is 2.35. The number of carbonyl (C=O) groups is 1. The van der Waals surface area contributed by atoms with Crippen LogP contribution in [0.1, 0.15) is 5.56 Å². The lowest BCUT2D eigenvalue weighted by molar-refractivity contribution is -0.118. The summed E-state index contributed by atoms with van der Waals surface area (Å²) in [7, 11) is -4.39. The highest BCUT2D eigenvalue weighted by Gasteiger charge is 2.41. The van der Waals surface area contributed by atoms with Gasteiger partial charge in [0.25, 0.3) is 10.1 Å². The maximum Gasteiger partial charge on any atom is 0.266 e. The molecule has 0 heterocycles. The molecule has 104 valence electrons. The molecule has 0 spiro atoms. The Bertz CT molecular complexity index is 582. The van der Waals surface area contributed by atoms with E-state index in [9.17, 15) is 13.2 Å². The van der Waals surface area contributed by atoms with Gasteiger partial charge < -0.3 is 5.73 Å². The lowest BCUT2D eigenvalue weighted by atomic mass is 9.78. The molecule has 1 unspecified atom stereocenters. The largest absolute Gasteiger partial charge is 0.329 e. The van der Waals surface area contributed by atoms with Crippen molar-refractivity contribution in [1.82, 2.24) is 0 Å². The van der Waals surface area contributed by atoms with Crippen LogP contribution in [-0.2, 0) is 20.3 Å². The minimum absolute atomic E-state index is 0.278. The zero-order chi connectivity index (χ0) is 14.7. The molecular weight excluding hydrogens is 290 g/mol. The van der Waals surface area contributed by atoms with Crippen LogP contribution in [0.15, 0.2) is 36.9 Å². The molecule has 0 fully saturated rings. The summed E-state index contributed by atoms with van der Waals surface area (Å²) < 4.78 is 31.4. The Hall–Kier alpha value is -1.21. The Kier molecular flexibility index (Phi) is 4.86. The number of halogens is 1. The third kappa shape index (κ3) is 3.63. The first-order chi connectivity index (χ1) is 8.75. The second kappa shape index (κ2) is 5.83. The monoisotopic (exact) mass is 303 g/mol. The van der Waals surface area contributed by atoms with Crippen LogP contribution in [0.3, 0.4) is 0 Å². The molecule has 5 nitrogen and oxygen atoms in total. The van der Waals surface area contributed by atoms with Crippen molar-refractivity contribution in [1.29, 1.82) is 0 Å². The average molecular weight is 304 g/mol. The Morgan fingerprint density at radius 1 is 1.42 bits per heavy atom.